The molecule has 2 aliphatic heterocycles. The molecule has 0 spiro atoms. The van der Waals surface area contributed by atoms with Gasteiger partial charge in [0.25, 0.3) is 11.8 Å². The predicted molar refractivity (Wildman–Crippen MR) is 139 cm³/mol. The maximum absolute atomic E-state index is 13.1. The largest absolute Gasteiger partial charge is 0.543 e. The van der Waals surface area contributed by atoms with E-state index in [4.69, 9.17) is 16.3 Å². The number of nitrogen functional groups attached to an aromatic ring is 1. The van der Waals surface area contributed by atoms with Crippen LogP contribution in [0.15, 0.2) is 41.1 Å². The van der Waals surface area contributed by atoms with Crippen LogP contribution in [0.3, 0.4) is 0 Å². The van der Waals surface area contributed by atoms with Gasteiger partial charge >= 0.3 is 5.65 Å². The molecule has 5 N–H and O–H groups in total. The number of β-lactam (4-membered cyclic amide) rings is 1. The van der Waals surface area contributed by atoms with Crippen molar-refractivity contribution >= 4 is 63.1 Å². The lowest BCUT2D eigenvalue weighted by Gasteiger charge is -2.50. The molecule has 2 amide bonds. The molecule has 17 heteroatoms. The van der Waals surface area contributed by atoms with E-state index in [0.29, 0.717) is 30.1 Å². The van der Waals surface area contributed by atoms with E-state index in [2.05, 4.69) is 24.8 Å². The molecule has 5 heterocycles. The number of carboxylic acid groups (broad SMARTS) is 1. The van der Waals surface area contributed by atoms with Gasteiger partial charge in [-0.2, -0.15) is 9.36 Å². The Morgan fingerprint density at radius 1 is 1.41 bits per heavy atom. The number of nitrogens with one attached hydrogen (secondary N) is 1. The molecule has 0 aliphatic carbocycles. The van der Waals surface area contributed by atoms with E-state index in [1.807, 2.05) is 21.3 Å². The maximum atomic E-state index is 13.1. The molecule has 0 radical (unpaired) electrons. The molecule has 15 nitrogen and oxygen atoms in total. The molecule has 39 heavy (non-hydrogen) atoms. The number of imidazole rings is 1. The van der Waals surface area contributed by atoms with Crippen molar-refractivity contribution < 1.29 is 28.9 Å². The van der Waals surface area contributed by atoms with Crippen LogP contribution in [0.2, 0.25) is 0 Å². The number of hydrogen-bond acceptors (Lipinski definition) is 13. The fourth-order valence-electron chi connectivity index (χ4n) is 4.38. The number of rotatable bonds is 10. The van der Waals surface area contributed by atoms with Gasteiger partial charge in [0.2, 0.25) is 17.9 Å². The van der Waals surface area contributed by atoms with Gasteiger partial charge in [-0.25, -0.2) is 4.57 Å². The summed E-state index contributed by atoms with van der Waals surface area (Å²) in [6.07, 6.45) is 3.47. The second-order valence-electron chi connectivity index (χ2n) is 8.49. The number of nitrogens with two attached hydrogens (primary N) is 2. The number of aliphatic carboxylic acids is 1. The zero-order valence-corrected chi connectivity index (χ0v) is 22.3. The number of carboxylic acids is 1. The minimum Gasteiger partial charge on any atom is -0.543 e. The van der Waals surface area contributed by atoms with Crippen LogP contribution >= 0.6 is 23.3 Å². The van der Waals surface area contributed by atoms with Crippen molar-refractivity contribution in [1.29, 1.82) is 0 Å². The van der Waals surface area contributed by atoms with E-state index in [1.54, 1.807) is 19.4 Å². The summed E-state index contributed by atoms with van der Waals surface area (Å²) in [5.74, 6) is -2.56. The summed E-state index contributed by atoms with van der Waals surface area (Å²) in [6.45, 7) is 3.09. The smallest absolute Gasteiger partial charge is 0.349 e. The second kappa shape index (κ2) is 11.0. The standard InChI is InChI=1S/C22H24N10O5S2/c1-2-37-28-13(16-27-22(24)39-29-16)18(33)26-14-19(34)32-15(21(35)36)11(9-38-20(14)32)8-30-6-3-4-12-17(30)25-10-31(12)7-5-23/h3-4,6,10,14,20H,2,5,7-9,23H2,1H3,(H3-,24,26,27,29,33,35,36)/b28-13-. The lowest BCUT2D eigenvalue weighted by Crippen LogP contribution is -2.71. The van der Waals surface area contributed by atoms with Gasteiger partial charge in [0.05, 0.1) is 17.9 Å². The molecule has 3 aromatic heterocycles. The van der Waals surface area contributed by atoms with E-state index >= 15 is 0 Å². The average Bonchev–Trinajstić information content (AvgIpc) is 3.54. The molecule has 2 atom stereocenters. The summed E-state index contributed by atoms with van der Waals surface area (Å²) in [5, 5.41) is 18.1. The molecule has 204 valence electrons. The molecule has 3 aromatic rings. The lowest BCUT2D eigenvalue weighted by molar-refractivity contribution is -0.664. The first kappa shape index (κ1) is 26.5. The zero-order chi connectivity index (χ0) is 27.7. The van der Waals surface area contributed by atoms with Crippen LogP contribution < -0.4 is 26.5 Å². The normalized spacial score (nSPS) is 19.2. The Hall–Kier alpha value is -4.09. The number of carbonyl (C=O) groups is 3. The fourth-order valence-corrected chi connectivity index (χ4v) is 6.15. The molecular formula is C22H24N10O5S2. The molecule has 2 unspecified atom stereocenters. The van der Waals surface area contributed by atoms with Gasteiger partial charge < -0.3 is 36.1 Å². The van der Waals surface area contributed by atoms with Crippen LogP contribution in [0.25, 0.3) is 11.2 Å². The van der Waals surface area contributed by atoms with E-state index < -0.39 is 29.2 Å². The van der Waals surface area contributed by atoms with Crippen LogP contribution in [-0.4, -0.2) is 77.6 Å². The number of amides is 2. The first-order valence-electron chi connectivity index (χ1n) is 11.9. The quantitative estimate of drug-likeness (QED) is 0.101. The minimum atomic E-state index is -1.48. The molecule has 2 aliphatic rings. The highest BCUT2D eigenvalue weighted by Gasteiger charge is 2.53. The molecule has 5 rings (SSSR count). The summed E-state index contributed by atoms with van der Waals surface area (Å²) in [5.41, 5.74) is 12.8. The third-order valence-corrected chi connectivity index (χ3v) is 7.94. The Balaban J connectivity index is 1.37. The van der Waals surface area contributed by atoms with Gasteiger partial charge in [0, 0.05) is 35.9 Å². The molecular weight excluding hydrogens is 548 g/mol. The molecule has 0 aromatic carbocycles. The third kappa shape index (κ3) is 4.90. The van der Waals surface area contributed by atoms with Crippen molar-refractivity contribution in [2.45, 2.75) is 31.4 Å². The van der Waals surface area contributed by atoms with Crippen molar-refractivity contribution in [2.75, 3.05) is 24.6 Å². The number of fused-ring (bicyclic) bond motifs is 2. The minimum absolute atomic E-state index is 0.0407. The SMILES string of the molecule is CCO/N=C(\C(=O)NC1C(=O)N2C(C(=O)[O-])=C(C[n+]3cccc4c3ncn4CCN)CSC12)c1nsc(N)n1. The van der Waals surface area contributed by atoms with Gasteiger partial charge in [0.1, 0.15) is 30.1 Å². The van der Waals surface area contributed by atoms with Crippen LogP contribution in [0.1, 0.15) is 12.7 Å². The average molecular weight is 573 g/mol. The van der Waals surface area contributed by atoms with E-state index in [9.17, 15) is 19.5 Å². The highest BCUT2D eigenvalue weighted by molar-refractivity contribution is 8.00. The van der Waals surface area contributed by atoms with Gasteiger partial charge in [0.15, 0.2) is 5.13 Å². The molecule has 0 bridgehead atoms. The number of pyridine rings is 1. The Kier molecular flexibility index (Phi) is 7.45. The van der Waals surface area contributed by atoms with Crippen molar-refractivity contribution in [2.24, 2.45) is 10.9 Å². The lowest BCUT2D eigenvalue weighted by atomic mass is 10.0. The summed E-state index contributed by atoms with van der Waals surface area (Å²) >= 11 is 2.21. The van der Waals surface area contributed by atoms with Crippen LogP contribution in [-0.2, 0) is 32.3 Å². The van der Waals surface area contributed by atoms with Gasteiger partial charge in [-0.3, -0.25) is 14.5 Å². The highest BCUT2D eigenvalue weighted by atomic mass is 32.2. The van der Waals surface area contributed by atoms with Crippen molar-refractivity contribution in [1.82, 2.24) is 29.1 Å². The third-order valence-electron chi connectivity index (χ3n) is 6.06. The molecule has 0 saturated carbocycles. The second-order valence-corrected chi connectivity index (χ2v) is 10.4. The van der Waals surface area contributed by atoms with Gasteiger partial charge in [-0.05, 0) is 24.0 Å². The van der Waals surface area contributed by atoms with E-state index in [-0.39, 0.29) is 35.5 Å². The van der Waals surface area contributed by atoms with E-state index in [1.165, 1.54) is 11.8 Å². The van der Waals surface area contributed by atoms with Crippen LogP contribution in [0.4, 0.5) is 5.13 Å². The molecule has 1 fully saturated rings. The Morgan fingerprint density at radius 3 is 2.92 bits per heavy atom. The van der Waals surface area contributed by atoms with Crippen LogP contribution in [0, 0.1) is 0 Å². The first-order chi connectivity index (χ1) is 18.8. The number of thioether (sulfide) groups is 1. The summed E-state index contributed by atoms with van der Waals surface area (Å²) in [6, 6.07) is 2.74. The zero-order valence-electron chi connectivity index (χ0n) is 20.6. The van der Waals surface area contributed by atoms with E-state index in [0.717, 1.165) is 21.9 Å². The Bertz CT molecular complexity index is 1520. The first-order valence-corrected chi connectivity index (χ1v) is 13.7. The van der Waals surface area contributed by atoms with Crippen LogP contribution in [0.5, 0.6) is 0 Å². The number of oxime groups is 1. The Morgan fingerprint density at radius 2 is 2.23 bits per heavy atom. The topological polar surface area (TPSA) is 211 Å². The Labute approximate surface area is 229 Å². The van der Waals surface area contributed by atoms with Crippen molar-refractivity contribution in [3.05, 3.63) is 41.8 Å². The maximum Gasteiger partial charge on any atom is 0.349 e. The highest BCUT2D eigenvalue weighted by Crippen LogP contribution is 2.40. The van der Waals surface area contributed by atoms with Crippen molar-refractivity contribution in [3.63, 3.8) is 0 Å². The van der Waals surface area contributed by atoms with Gasteiger partial charge in [-0.15, -0.1) is 11.8 Å². The number of anilines is 1. The monoisotopic (exact) mass is 572 g/mol. The number of carbonyl (C=O) groups excluding carboxylic acids is 3. The number of nitrogens with zero attached hydrogens (tertiary/aromatic N) is 7. The number of aromatic nitrogens is 5. The number of hydrogen-bond donors (Lipinski definition) is 3. The summed E-state index contributed by atoms with van der Waals surface area (Å²) in [4.78, 5) is 52.9. The summed E-state index contributed by atoms with van der Waals surface area (Å²) in [7, 11) is 0. The predicted octanol–water partition coefficient (Wildman–Crippen LogP) is -2.44. The van der Waals surface area contributed by atoms with Gasteiger partial charge in [-0.1, -0.05) is 5.16 Å². The van der Waals surface area contributed by atoms with Crippen molar-refractivity contribution in [3.8, 4) is 0 Å². The molecule has 1 saturated heterocycles. The fraction of sp³-hybridized carbons (Fsp3) is 0.364. The summed E-state index contributed by atoms with van der Waals surface area (Å²) < 4.78 is 7.71.